The summed E-state index contributed by atoms with van der Waals surface area (Å²) in [6.45, 7) is 1.13. The van der Waals surface area contributed by atoms with Crippen molar-refractivity contribution in [3.8, 4) is 0 Å². The number of nitrogens with zero attached hydrogens (tertiary/aromatic N) is 1. The number of ketones is 1. The van der Waals surface area contributed by atoms with E-state index in [4.69, 9.17) is 0 Å². The molecule has 0 aromatic rings. The molecular weight excluding hydrogens is 138 g/mol. The number of rotatable bonds is 3. The van der Waals surface area contributed by atoms with E-state index in [0.29, 0.717) is 0 Å². The second kappa shape index (κ2) is 3.54. The average Bonchev–Trinajstić information content (AvgIpc) is 1.81. The van der Waals surface area contributed by atoms with Crippen molar-refractivity contribution >= 4 is 11.8 Å². The fraction of sp³-hybridized carbons (Fsp3) is 0.500. The summed E-state index contributed by atoms with van der Waals surface area (Å²) in [6, 6.07) is -0.945. The largest absolute Gasteiger partial charge is 0.352 e. The third-order valence-corrected chi connectivity index (χ3v) is 0.769. The minimum Gasteiger partial charge on any atom is -0.352 e. The van der Waals surface area contributed by atoms with E-state index < -0.39 is 18.0 Å². The number of carbonyl (C=O) groups is 2. The van der Waals surface area contributed by atoms with Gasteiger partial charge in [0.05, 0.1) is 0 Å². The van der Waals surface area contributed by atoms with Crippen LogP contribution >= 0.6 is 0 Å². The predicted octanol–water partition coefficient (Wildman–Crippen LogP) is -0.664. The summed E-state index contributed by atoms with van der Waals surface area (Å²) >= 11 is 0. The van der Waals surface area contributed by atoms with Crippen molar-refractivity contribution in [2.45, 2.75) is 13.1 Å². The van der Waals surface area contributed by atoms with Gasteiger partial charge in [0.1, 0.15) is 0 Å². The minimum atomic E-state index is -1.35. The molecule has 3 N–H and O–H groups in total. The Hall–Kier alpha value is -1.46. The van der Waals surface area contributed by atoms with Gasteiger partial charge in [-0.15, -0.1) is 4.91 Å². The van der Waals surface area contributed by atoms with Crippen molar-refractivity contribution in [2.24, 2.45) is 10.9 Å². The van der Waals surface area contributed by atoms with Crippen LogP contribution in [0, 0.1) is 4.91 Å². The van der Waals surface area contributed by atoms with Crippen molar-refractivity contribution in [3.05, 3.63) is 4.91 Å². The Labute approximate surface area is 56.7 Å². The number of nitrogens with one attached hydrogen (secondary N) is 1. The summed E-state index contributed by atoms with van der Waals surface area (Å²) in [6.07, 6.45) is -1.35. The zero-order valence-electron chi connectivity index (χ0n) is 5.33. The number of hydrogen-bond acceptors (Lipinski definition) is 4. The highest BCUT2D eigenvalue weighted by Crippen LogP contribution is 1.85. The summed E-state index contributed by atoms with van der Waals surface area (Å²) in [4.78, 5) is 30.1. The molecule has 0 spiro atoms. The van der Waals surface area contributed by atoms with E-state index in [1.54, 1.807) is 0 Å². The minimum absolute atomic E-state index is 0.547. The number of Topliss-reactive ketones (excluding diaryl/α,β-unsaturated/α-hetero) is 1. The Balaban J connectivity index is 3.96. The molecule has 0 aromatic heterocycles. The van der Waals surface area contributed by atoms with Gasteiger partial charge in [-0.2, -0.15) is 0 Å². The molecule has 0 saturated carbocycles. The Bertz CT molecular complexity index is 167. The second-order valence-electron chi connectivity index (χ2n) is 1.63. The van der Waals surface area contributed by atoms with Crippen LogP contribution < -0.4 is 11.1 Å². The van der Waals surface area contributed by atoms with E-state index in [2.05, 4.69) is 10.9 Å². The van der Waals surface area contributed by atoms with Gasteiger partial charge in [-0.25, -0.2) is 4.79 Å². The van der Waals surface area contributed by atoms with Gasteiger partial charge >= 0.3 is 6.03 Å². The van der Waals surface area contributed by atoms with Crippen molar-refractivity contribution in [3.63, 3.8) is 0 Å². The van der Waals surface area contributed by atoms with Crippen LogP contribution in [0.5, 0.6) is 0 Å². The molecule has 0 aliphatic heterocycles. The number of amides is 2. The Morgan fingerprint density at radius 3 is 2.20 bits per heavy atom. The Kier molecular flexibility index (Phi) is 3.03. The van der Waals surface area contributed by atoms with Crippen LogP contribution in [-0.2, 0) is 4.79 Å². The van der Waals surface area contributed by atoms with E-state index in [1.165, 1.54) is 0 Å². The molecule has 2 amide bonds. The molecule has 1 atom stereocenters. The average molecular weight is 145 g/mol. The lowest BCUT2D eigenvalue weighted by molar-refractivity contribution is -0.118. The van der Waals surface area contributed by atoms with Gasteiger partial charge < -0.3 is 11.1 Å². The summed E-state index contributed by atoms with van der Waals surface area (Å²) in [5.74, 6) is -0.547. The standard InChI is InChI=1S/C4H7N3O3/c1-2(8)3(7-10)6-4(5)9/h3H,1H3,(H3,5,6,9). The van der Waals surface area contributed by atoms with E-state index >= 15 is 0 Å². The van der Waals surface area contributed by atoms with Crippen LogP contribution in [-0.4, -0.2) is 18.0 Å². The Morgan fingerprint density at radius 2 is 2.10 bits per heavy atom. The van der Waals surface area contributed by atoms with E-state index in [0.717, 1.165) is 6.92 Å². The van der Waals surface area contributed by atoms with Gasteiger partial charge in [0, 0.05) is 0 Å². The van der Waals surface area contributed by atoms with Gasteiger partial charge in [0.2, 0.25) is 6.17 Å². The van der Waals surface area contributed by atoms with Crippen LogP contribution in [0.1, 0.15) is 6.92 Å². The molecule has 0 fully saturated rings. The summed E-state index contributed by atoms with van der Waals surface area (Å²) in [5.41, 5.74) is 4.61. The van der Waals surface area contributed by atoms with E-state index in [-0.39, 0.29) is 0 Å². The predicted molar refractivity (Wildman–Crippen MR) is 33.0 cm³/mol. The van der Waals surface area contributed by atoms with Crippen LogP contribution in [0.4, 0.5) is 4.79 Å². The van der Waals surface area contributed by atoms with Gasteiger partial charge in [-0.1, -0.05) is 0 Å². The van der Waals surface area contributed by atoms with Crippen LogP contribution in [0.3, 0.4) is 0 Å². The fourth-order valence-corrected chi connectivity index (χ4v) is 0.337. The first-order valence-corrected chi connectivity index (χ1v) is 2.47. The summed E-state index contributed by atoms with van der Waals surface area (Å²) in [7, 11) is 0. The SMILES string of the molecule is CC(=O)C(N=O)NC(N)=O. The molecule has 0 rings (SSSR count). The molecule has 0 bridgehead atoms. The molecule has 6 heteroatoms. The second-order valence-corrected chi connectivity index (χ2v) is 1.63. The zero-order valence-corrected chi connectivity index (χ0v) is 5.33. The fourth-order valence-electron chi connectivity index (χ4n) is 0.337. The maximum absolute atomic E-state index is 10.3. The normalized spacial score (nSPS) is 11.7. The Morgan fingerprint density at radius 1 is 1.60 bits per heavy atom. The maximum atomic E-state index is 10.3. The van der Waals surface area contributed by atoms with Crippen molar-refractivity contribution in [1.82, 2.24) is 5.32 Å². The first-order chi connectivity index (χ1) is 4.57. The first-order valence-electron chi connectivity index (χ1n) is 2.47. The number of carbonyl (C=O) groups excluding carboxylic acids is 2. The van der Waals surface area contributed by atoms with Crippen molar-refractivity contribution in [2.75, 3.05) is 0 Å². The first kappa shape index (κ1) is 8.54. The highest BCUT2D eigenvalue weighted by molar-refractivity contribution is 5.85. The van der Waals surface area contributed by atoms with Gasteiger partial charge in [0.25, 0.3) is 0 Å². The summed E-state index contributed by atoms with van der Waals surface area (Å²) < 4.78 is 0. The lowest BCUT2D eigenvalue weighted by Gasteiger charge is -2.03. The number of hydrogen-bond donors (Lipinski definition) is 2. The molecule has 0 aliphatic carbocycles. The number of nitrogens with two attached hydrogens (primary N) is 1. The molecule has 0 saturated heterocycles. The quantitative estimate of drug-likeness (QED) is 0.515. The molecule has 10 heavy (non-hydrogen) atoms. The zero-order chi connectivity index (χ0) is 8.15. The van der Waals surface area contributed by atoms with E-state index in [1.807, 2.05) is 5.32 Å². The molecule has 56 valence electrons. The highest BCUT2D eigenvalue weighted by atomic mass is 16.3. The molecule has 0 heterocycles. The van der Waals surface area contributed by atoms with Crippen LogP contribution in [0.2, 0.25) is 0 Å². The maximum Gasteiger partial charge on any atom is 0.314 e. The monoisotopic (exact) mass is 145 g/mol. The van der Waals surface area contributed by atoms with Gasteiger partial charge in [-0.05, 0) is 12.1 Å². The molecule has 0 aliphatic rings. The van der Waals surface area contributed by atoms with Crippen molar-refractivity contribution in [1.29, 1.82) is 0 Å². The molecule has 0 aromatic carbocycles. The third kappa shape index (κ3) is 2.75. The van der Waals surface area contributed by atoms with Crippen LogP contribution in [0.25, 0.3) is 0 Å². The van der Waals surface area contributed by atoms with Gasteiger partial charge in [-0.3, -0.25) is 4.79 Å². The molecule has 6 nitrogen and oxygen atoms in total. The van der Waals surface area contributed by atoms with E-state index in [9.17, 15) is 14.5 Å². The molecule has 0 radical (unpaired) electrons. The highest BCUT2D eigenvalue weighted by Gasteiger charge is 2.14. The molecule has 1 unspecified atom stereocenters. The smallest absolute Gasteiger partial charge is 0.314 e. The topological polar surface area (TPSA) is 102 Å². The van der Waals surface area contributed by atoms with Crippen LogP contribution in [0.15, 0.2) is 5.18 Å². The number of nitroso groups, excluding NO2 is 1. The summed E-state index contributed by atoms with van der Waals surface area (Å²) in [5, 5.41) is 4.16. The lowest BCUT2D eigenvalue weighted by atomic mass is 10.4. The van der Waals surface area contributed by atoms with Crippen molar-refractivity contribution < 1.29 is 9.59 Å². The third-order valence-electron chi connectivity index (χ3n) is 0.769. The molecular formula is C4H7N3O3. The number of urea groups is 1. The lowest BCUT2D eigenvalue weighted by Crippen LogP contribution is -2.41. The van der Waals surface area contributed by atoms with Gasteiger partial charge in [0.15, 0.2) is 5.78 Å². The number of primary amides is 1.